The predicted octanol–water partition coefficient (Wildman–Crippen LogP) is -1.12. The van der Waals surface area contributed by atoms with Crippen LogP contribution >= 0.6 is 0 Å². The molecule has 1 saturated heterocycles. The molecule has 3 amide bonds. The van der Waals surface area contributed by atoms with Crippen molar-refractivity contribution in [3.05, 3.63) is 27.9 Å². The number of urea groups is 1. The van der Waals surface area contributed by atoms with E-state index in [-0.39, 0.29) is 30.3 Å². The maximum atomic E-state index is 12.6. The van der Waals surface area contributed by atoms with E-state index in [9.17, 15) is 29.5 Å². The molecule has 0 spiro atoms. The van der Waals surface area contributed by atoms with E-state index < -0.39 is 42.0 Å². The molecule has 0 radical (unpaired) electrons. The summed E-state index contributed by atoms with van der Waals surface area (Å²) in [6.07, 6.45) is 1.41. The van der Waals surface area contributed by atoms with Crippen LogP contribution in [0.3, 0.4) is 0 Å². The molecule has 3 heterocycles. The van der Waals surface area contributed by atoms with Crippen LogP contribution in [0.4, 0.5) is 4.79 Å². The normalized spacial score (nSPS) is 25.2. The summed E-state index contributed by atoms with van der Waals surface area (Å²) in [6, 6.07) is -0.650. The molecule has 1 saturated carbocycles. The van der Waals surface area contributed by atoms with Crippen molar-refractivity contribution in [2.24, 2.45) is 5.29 Å². The fraction of sp³-hybridized carbons (Fsp3) is 0.632. The Labute approximate surface area is 192 Å². The van der Waals surface area contributed by atoms with Crippen LogP contribution in [0.25, 0.3) is 11.2 Å². The third-order valence-corrected chi connectivity index (χ3v) is 6.02. The van der Waals surface area contributed by atoms with Crippen molar-refractivity contribution in [3.63, 3.8) is 0 Å². The highest BCUT2D eigenvalue weighted by Crippen LogP contribution is 2.31. The van der Waals surface area contributed by atoms with Crippen LogP contribution in [0, 0.1) is 4.91 Å². The molecule has 2 aromatic heterocycles. The number of H-pyrrole nitrogens is 1. The largest absolute Gasteiger partial charge is 0.387 e. The smallest absolute Gasteiger partial charge is 0.340 e. The van der Waals surface area contributed by atoms with Gasteiger partial charge in [0, 0.05) is 12.6 Å². The summed E-state index contributed by atoms with van der Waals surface area (Å²) in [6.45, 7) is -0.331. The molecule has 0 unspecified atom stereocenters. The lowest BCUT2D eigenvalue weighted by Crippen LogP contribution is -2.47. The molecule has 0 aromatic carbocycles. The zero-order valence-electron chi connectivity index (χ0n) is 18.2. The predicted molar refractivity (Wildman–Crippen MR) is 115 cm³/mol. The number of hydrogen-bond acceptors (Lipinski definition) is 10. The topological polar surface area (TPSA) is 204 Å². The van der Waals surface area contributed by atoms with Gasteiger partial charge in [-0.05, 0) is 12.8 Å². The molecular weight excluding hydrogens is 452 g/mol. The molecule has 2 aliphatic rings. The van der Waals surface area contributed by atoms with Gasteiger partial charge in [-0.25, -0.2) is 14.8 Å². The van der Waals surface area contributed by atoms with E-state index in [0.717, 1.165) is 38.4 Å². The van der Waals surface area contributed by atoms with Crippen molar-refractivity contribution in [2.75, 3.05) is 13.1 Å². The first kappa shape index (κ1) is 23.7. The fourth-order valence-electron chi connectivity index (χ4n) is 4.22. The summed E-state index contributed by atoms with van der Waals surface area (Å²) in [5, 5.41) is 29.4. The molecule has 15 heteroatoms. The van der Waals surface area contributed by atoms with Crippen LogP contribution in [-0.2, 0) is 9.53 Å². The van der Waals surface area contributed by atoms with Gasteiger partial charge in [-0.2, -0.15) is 5.01 Å². The zero-order valence-corrected chi connectivity index (χ0v) is 18.2. The average molecular weight is 478 g/mol. The lowest BCUT2D eigenvalue weighted by molar-refractivity contribution is -0.137. The van der Waals surface area contributed by atoms with Gasteiger partial charge >= 0.3 is 6.03 Å². The Bertz CT molecular complexity index is 1100. The van der Waals surface area contributed by atoms with Crippen molar-refractivity contribution in [1.82, 2.24) is 35.2 Å². The maximum Gasteiger partial charge on any atom is 0.340 e. The van der Waals surface area contributed by atoms with Gasteiger partial charge in [0.1, 0.15) is 12.2 Å². The van der Waals surface area contributed by atoms with E-state index in [2.05, 4.69) is 30.9 Å². The van der Waals surface area contributed by atoms with Gasteiger partial charge in [0.2, 0.25) is 0 Å². The number of aliphatic hydroxyl groups excluding tert-OH is 2. The summed E-state index contributed by atoms with van der Waals surface area (Å²) < 4.78 is 6.80. The van der Waals surface area contributed by atoms with Gasteiger partial charge in [0.25, 0.3) is 11.5 Å². The number of carbonyl (C=O) groups is 2. The number of hydrogen-bond donors (Lipinski definition) is 5. The molecule has 34 heavy (non-hydrogen) atoms. The number of amides is 3. The molecule has 2 aromatic rings. The van der Waals surface area contributed by atoms with Gasteiger partial charge in [0.05, 0.1) is 24.5 Å². The molecule has 1 aliphatic carbocycles. The first-order chi connectivity index (χ1) is 16.4. The van der Waals surface area contributed by atoms with Crippen LogP contribution in [0.2, 0.25) is 0 Å². The van der Waals surface area contributed by atoms with Crippen molar-refractivity contribution >= 4 is 23.1 Å². The van der Waals surface area contributed by atoms with Crippen LogP contribution in [0.1, 0.15) is 38.3 Å². The third-order valence-electron chi connectivity index (χ3n) is 6.02. The first-order valence-electron chi connectivity index (χ1n) is 11.0. The van der Waals surface area contributed by atoms with Gasteiger partial charge in [-0.15, -0.1) is 4.91 Å². The maximum absolute atomic E-state index is 12.6. The molecule has 1 aliphatic heterocycles. The summed E-state index contributed by atoms with van der Waals surface area (Å²) in [5.74, 6) is -0.761. The number of carbonyl (C=O) groups excluding carboxylic acids is 2. The molecule has 15 nitrogen and oxygen atoms in total. The Morgan fingerprint density at radius 3 is 2.74 bits per heavy atom. The van der Waals surface area contributed by atoms with E-state index in [1.165, 1.54) is 10.9 Å². The number of nitrogens with zero attached hydrogens (tertiary/aromatic N) is 5. The highest BCUT2D eigenvalue weighted by atomic mass is 16.6. The minimum absolute atomic E-state index is 0.00801. The molecule has 184 valence electrons. The van der Waals surface area contributed by atoms with Gasteiger partial charge in [-0.1, -0.05) is 19.3 Å². The van der Waals surface area contributed by atoms with Crippen molar-refractivity contribution in [3.8, 4) is 0 Å². The first-order valence-corrected chi connectivity index (χ1v) is 11.0. The van der Waals surface area contributed by atoms with E-state index in [4.69, 9.17) is 4.74 Å². The monoisotopic (exact) mass is 478 g/mol. The highest BCUT2D eigenvalue weighted by Gasteiger charge is 2.47. The molecule has 4 rings (SSSR count). The Morgan fingerprint density at radius 2 is 2.00 bits per heavy atom. The summed E-state index contributed by atoms with van der Waals surface area (Å²) in [4.78, 5) is 58.0. The number of nitrogens with one attached hydrogen (secondary N) is 3. The molecular formula is C19H26N8O7. The fourth-order valence-corrected chi connectivity index (χ4v) is 4.22. The van der Waals surface area contributed by atoms with Crippen LogP contribution in [0.5, 0.6) is 0 Å². The lowest BCUT2D eigenvalue weighted by atomic mass is 9.96. The number of nitroso groups, excluding NO2 is 1. The SMILES string of the molecule is O=NN(CCNC(=O)[C@H]1O[C@@H](n2cnc3c(=O)[nH]cnc32)[C@H](O)[C@@H]1O)C(=O)NC1CCCCC1. The average Bonchev–Trinajstić information content (AvgIpc) is 3.39. The van der Waals surface area contributed by atoms with Crippen LogP contribution < -0.4 is 16.2 Å². The second-order valence-corrected chi connectivity index (χ2v) is 8.26. The highest BCUT2D eigenvalue weighted by molar-refractivity contribution is 5.82. The second kappa shape index (κ2) is 10.2. The number of ether oxygens (including phenoxy) is 1. The van der Waals surface area contributed by atoms with Gasteiger partial charge in [-0.3, -0.25) is 14.2 Å². The Balaban J connectivity index is 1.33. The quantitative estimate of drug-likeness (QED) is 0.241. The molecule has 5 N–H and O–H groups in total. The number of aromatic nitrogens is 4. The summed E-state index contributed by atoms with van der Waals surface area (Å²) in [7, 11) is 0. The number of imidazole rings is 1. The minimum Gasteiger partial charge on any atom is -0.387 e. The van der Waals surface area contributed by atoms with Crippen LogP contribution in [0.15, 0.2) is 22.7 Å². The Hall–Kier alpha value is -3.43. The molecule has 2 fully saturated rings. The second-order valence-electron chi connectivity index (χ2n) is 8.26. The van der Waals surface area contributed by atoms with Gasteiger partial charge in [0.15, 0.2) is 23.5 Å². The van der Waals surface area contributed by atoms with E-state index in [1.807, 2.05) is 0 Å². The number of rotatable bonds is 7. The van der Waals surface area contributed by atoms with Crippen molar-refractivity contribution < 1.29 is 24.5 Å². The Morgan fingerprint density at radius 1 is 1.24 bits per heavy atom. The molecule has 0 bridgehead atoms. The zero-order chi connectivity index (χ0) is 24.2. The minimum atomic E-state index is -1.58. The Kier molecular flexibility index (Phi) is 7.14. The molecule has 4 atom stereocenters. The summed E-state index contributed by atoms with van der Waals surface area (Å²) in [5.41, 5.74) is -0.377. The van der Waals surface area contributed by atoms with E-state index in [0.29, 0.717) is 5.01 Å². The summed E-state index contributed by atoms with van der Waals surface area (Å²) >= 11 is 0. The van der Waals surface area contributed by atoms with E-state index >= 15 is 0 Å². The van der Waals surface area contributed by atoms with Gasteiger partial charge < -0.3 is 30.6 Å². The van der Waals surface area contributed by atoms with Crippen molar-refractivity contribution in [2.45, 2.75) is 62.7 Å². The standard InChI is InChI=1S/C19H26N8O7/c28-12-13(29)18(26-9-23-11-15(26)21-8-22-16(11)30)34-14(12)17(31)20-6-7-27(25-33)19(32)24-10-4-2-1-3-5-10/h8-10,12-14,18,28-29H,1-7H2,(H,20,31)(H,24,32)(H,21,22,30)/t12-,13+,14-,18+/m0/s1. The van der Waals surface area contributed by atoms with Crippen molar-refractivity contribution in [1.29, 1.82) is 0 Å². The van der Waals surface area contributed by atoms with E-state index in [1.54, 1.807) is 0 Å². The number of aromatic amines is 1. The third kappa shape index (κ3) is 4.76. The number of fused-ring (bicyclic) bond motifs is 1. The number of aliphatic hydroxyl groups is 2. The van der Waals surface area contributed by atoms with Crippen LogP contribution in [-0.4, -0.2) is 84.1 Å². The lowest BCUT2D eigenvalue weighted by Gasteiger charge is -2.24.